The highest BCUT2D eigenvalue weighted by Gasteiger charge is 2.49. The van der Waals surface area contributed by atoms with Crippen molar-refractivity contribution in [3.05, 3.63) is 74.6 Å². The molecule has 1 aromatic heterocycles. The number of methoxy groups -OCH3 is 1. The lowest BCUT2D eigenvalue weighted by molar-refractivity contribution is -0.131. The fraction of sp³-hybridized carbons (Fsp3) is 0.190. The number of nitrogens with one attached hydrogen (secondary N) is 1. The molecule has 1 aliphatic rings. The van der Waals surface area contributed by atoms with Crippen molar-refractivity contribution in [1.82, 2.24) is 10.2 Å². The molecule has 0 spiro atoms. The minimum atomic E-state index is -1.21. The van der Waals surface area contributed by atoms with E-state index in [2.05, 4.69) is 21.2 Å². The van der Waals surface area contributed by atoms with Crippen LogP contribution >= 0.6 is 15.9 Å². The average Bonchev–Trinajstić information content (AvgIpc) is 2.91. The zero-order chi connectivity index (χ0) is 20.8. The minimum absolute atomic E-state index is 0.0564. The summed E-state index contributed by atoms with van der Waals surface area (Å²) in [6.07, 6.45) is 0. The van der Waals surface area contributed by atoms with Gasteiger partial charge in [0.05, 0.1) is 13.7 Å². The molecule has 4 rings (SSSR count). The number of carbonyl (C=O) groups excluding carboxylic acids is 2. The maximum atomic E-state index is 13.2. The predicted octanol–water partition coefficient (Wildman–Crippen LogP) is 3.53. The summed E-state index contributed by atoms with van der Waals surface area (Å²) in [5.41, 5.74) is -0.286. The Bertz CT molecular complexity index is 1210. The Labute approximate surface area is 174 Å². The Hall–Kier alpha value is -3.13. The quantitative estimate of drug-likeness (QED) is 0.479. The first-order valence-electron chi connectivity index (χ1n) is 8.83. The van der Waals surface area contributed by atoms with Crippen LogP contribution in [-0.2, 0) is 16.9 Å². The van der Waals surface area contributed by atoms with Crippen LogP contribution in [0.5, 0.6) is 5.75 Å². The summed E-state index contributed by atoms with van der Waals surface area (Å²) in [5.74, 6) is 0.138. The van der Waals surface area contributed by atoms with Gasteiger partial charge in [-0.2, -0.15) is 0 Å². The largest absolute Gasteiger partial charge is 0.497 e. The molecule has 7 nitrogen and oxygen atoms in total. The fourth-order valence-electron chi connectivity index (χ4n) is 3.53. The average molecular weight is 457 g/mol. The highest BCUT2D eigenvalue weighted by molar-refractivity contribution is 9.10. The van der Waals surface area contributed by atoms with E-state index < -0.39 is 23.1 Å². The molecule has 1 aliphatic heterocycles. The number of hydrogen-bond acceptors (Lipinski definition) is 5. The number of carbonyl (C=O) groups is 2. The van der Waals surface area contributed by atoms with Gasteiger partial charge in [0.2, 0.25) is 0 Å². The van der Waals surface area contributed by atoms with E-state index in [0.29, 0.717) is 27.8 Å². The number of fused-ring (bicyclic) bond motifs is 1. The van der Waals surface area contributed by atoms with Crippen LogP contribution in [0.2, 0.25) is 0 Å². The first-order valence-corrected chi connectivity index (χ1v) is 9.62. The number of nitrogens with zero attached hydrogens (tertiary/aromatic N) is 1. The molecule has 0 saturated carbocycles. The van der Waals surface area contributed by atoms with Crippen molar-refractivity contribution in [2.24, 2.45) is 0 Å². The van der Waals surface area contributed by atoms with Gasteiger partial charge in [0.1, 0.15) is 16.9 Å². The third-order valence-electron chi connectivity index (χ3n) is 5.05. The number of amides is 3. The van der Waals surface area contributed by atoms with Crippen LogP contribution in [0, 0.1) is 0 Å². The molecule has 0 aliphatic carbocycles. The van der Waals surface area contributed by atoms with E-state index in [1.54, 1.807) is 37.3 Å². The number of urea groups is 1. The first-order chi connectivity index (χ1) is 13.8. The topological polar surface area (TPSA) is 88.9 Å². The van der Waals surface area contributed by atoms with Gasteiger partial charge < -0.3 is 14.5 Å². The molecule has 0 radical (unpaired) electrons. The summed E-state index contributed by atoms with van der Waals surface area (Å²) in [5, 5.41) is 3.40. The summed E-state index contributed by atoms with van der Waals surface area (Å²) in [4.78, 5) is 39.0. The van der Waals surface area contributed by atoms with Crippen molar-refractivity contribution < 1.29 is 18.7 Å². The Morgan fingerprint density at radius 2 is 1.90 bits per heavy atom. The zero-order valence-corrected chi connectivity index (χ0v) is 17.3. The number of rotatable bonds is 4. The smallest absolute Gasteiger partial charge is 0.336 e. The van der Waals surface area contributed by atoms with Crippen molar-refractivity contribution in [1.29, 1.82) is 0 Å². The molecule has 148 valence electrons. The van der Waals surface area contributed by atoms with Crippen molar-refractivity contribution in [2.75, 3.05) is 7.11 Å². The Balaban J connectivity index is 1.74. The van der Waals surface area contributed by atoms with Gasteiger partial charge in [-0.25, -0.2) is 9.59 Å². The molecule has 29 heavy (non-hydrogen) atoms. The van der Waals surface area contributed by atoms with E-state index in [9.17, 15) is 14.4 Å². The predicted molar refractivity (Wildman–Crippen MR) is 110 cm³/mol. The number of ether oxygens (including phenoxy) is 1. The number of hydrogen-bond donors (Lipinski definition) is 1. The van der Waals surface area contributed by atoms with Gasteiger partial charge in [-0.15, -0.1) is 0 Å². The zero-order valence-electron chi connectivity index (χ0n) is 15.7. The molecule has 3 aromatic rings. The van der Waals surface area contributed by atoms with Crippen LogP contribution in [0.15, 0.2) is 62.2 Å². The van der Waals surface area contributed by atoms with Gasteiger partial charge in [0.15, 0.2) is 0 Å². The van der Waals surface area contributed by atoms with E-state index in [1.165, 1.54) is 13.2 Å². The lowest BCUT2D eigenvalue weighted by Crippen LogP contribution is -2.41. The molecular formula is C21H17BrN2O5. The molecule has 1 fully saturated rings. The van der Waals surface area contributed by atoms with Crippen LogP contribution in [0.1, 0.15) is 18.1 Å². The lowest BCUT2D eigenvalue weighted by atomic mass is 9.92. The molecule has 0 bridgehead atoms. The maximum absolute atomic E-state index is 13.2. The van der Waals surface area contributed by atoms with E-state index in [1.807, 2.05) is 12.1 Å². The lowest BCUT2D eigenvalue weighted by Gasteiger charge is -2.23. The van der Waals surface area contributed by atoms with Crippen molar-refractivity contribution in [3.8, 4) is 5.75 Å². The van der Waals surface area contributed by atoms with Crippen LogP contribution in [0.3, 0.4) is 0 Å². The molecule has 1 atom stereocenters. The molecular weight excluding hydrogens is 440 g/mol. The van der Waals surface area contributed by atoms with Gasteiger partial charge in [-0.1, -0.05) is 34.1 Å². The number of imide groups is 1. The van der Waals surface area contributed by atoms with Crippen molar-refractivity contribution in [3.63, 3.8) is 0 Å². The van der Waals surface area contributed by atoms with E-state index in [-0.39, 0.29) is 6.54 Å². The van der Waals surface area contributed by atoms with Gasteiger partial charge in [-0.3, -0.25) is 9.69 Å². The standard InChI is InChI=1S/C21H17BrN2O5/c1-21(15-5-3-4-6-16(15)22)19(26)24(20(27)23-21)11-12-9-18(25)29-17-10-13(28-2)7-8-14(12)17/h3-10H,11H2,1-2H3,(H,23,27). The second-order valence-corrected chi connectivity index (χ2v) is 7.73. The minimum Gasteiger partial charge on any atom is -0.497 e. The molecule has 2 aromatic carbocycles. The van der Waals surface area contributed by atoms with E-state index in [0.717, 1.165) is 9.37 Å². The summed E-state index contributed by atoms with van der Waals surface area (Å²) in [6.45, 7) is 1.61. The highest BCUT2D eigenvalue weighted by Crippen LogP contribution is 2.34. The molecule has 1 saturated heterocycles. The van der Waals surface area contributed by atoms with Gasteiger partial charge in [0.25, 0.3) is 5.91 Å². The summed E-state index contributed by atoms with van der Waals surface area (Å²) in [7, 11) is 1.51. The third-order valence-corrected chi connectivity index (χ3v) is 5.74. The molecule has 8 heteroatoms. The number of benzene rings is 2. The fourth-order valence-corrected chi connectivity index (χ4v) is 4.21. The highest BCUT2D eigenvalue weighted by atomic mass is 79.9. The SMILES string of the molecule is COc1ccc2c(CN3C(=O)NC(C)(c4ccccc4Br)C3=O)cc(=O)oc2c1. The molecule has 1 N–H and O–H groups in total. The van der Waals surface area contributed by atoms with E-state index in [4.69, 9.17) is 9.15 Å². The van der Waals surface area contributed by atoms with Gasteiger partial charge >= 0.3 is 11.7 Å². The van der Waals surface area contributed by atoms with Gasteiger partial charge in [0, 0.05) is 27.6 Å². The maximum Gasteiger partial charge on any atom is 0.336 e. The summed E-state index contributed by atoms with van der Waals surface area (Å²) in [6, 6.07) is 13.1. The second-order valence-electron chi connectivity index (χ2n) is 6.88. The normalized spacial score (nSPS) is 18.9. The summed E-state index contributed by atoms with van der Waals surface area (Å²) < 4.78 is 11.1. The summed E-state index contributed by atoms with van der Waals surface area (Å²) >= 11 is 3.44. The number of halogens is 1. The van der Waals surface area contributed by atoms with E-state index >= 15 is 0 Å². The molecule has 3 amide bonds. The van der Waals surface area contributed by atoms with Crippen molar-refractivity contribution in [2.45, 2.75) is 19.0 Å². The molecule has 2 heterocycles. The van der Waals surface area contributed by atoms with Gasteiger partial charge in [-0.05, 0) is 30.7 Å². The van der Waals surface area contributed by atoms with Crippen LogP contribution in [0.25, 0.3) is 11.0 Å². The first kappa shape index (κ1) is 19.2. The third kappa shape index (κ3) is 3.19. The van der Waals surface area contributed by atoms with Crippen molar-refractivity contribution >= 4 is 38.8 Å². The van der Waals surface area contributed by atoms with Crippen LogP contribution in [0.4, 0.5) is 4.79 Å². The van der Waals surface area contributed by atoms with Crippen LogP contribution in [-0.4, -0.2) is 23.9 Å². The molecule has 1 unspecified atom stereocenters. The monoisotopic (exact) mass is 456 g/mol. The Morgan fingerprint density at radius 1 is 1.14 bits per heavy atom. The Kier molecular flexibility index (Phi) is 4.66. The Morgan fingerprint density at radius 3 is 2.62 bits per heavy atom. The second kappa shape index (κ2) is 7.04. The van der Waals surface area contributed by atoms with Crippen LogP contribution < -0.4 is 15.7 Å².